The van der Waals surface area contributed by atoms with Gasteiger partial charge in [-0.15, -0.1) is 0 Å². The first-order chi connectivity index (χ1) is 10.8. The minimum Gasteiger partial charge on any atom is -0.396 e. The van der Waals surface area contributed by atoms with Crippen LogP contribution in [0.1, 0.15) is 24.0 Å². The highest BCUT2D eigenvalue weighted by atomic mass is 35.6. The van der Waals surface area contributed by atoms with Crippen LogP contribution in [0.2, 0.25) is 0 Å². The third-order valence-electron chi connectivity index (χ3n) is 3.31. The molecule has 1 N–H and O–H groups in total. The van der Waals surface area contributed by atoms with Crippen LogP contribution in [0.25, 0.3) is 0 Å². The second-order valence-electron chi connectivity index (χ2n) is 5.10. The summed E-state index contributed by atoms with van der Waals surface area (Å²) < 4.78 is -8.81. The van der Waals surface area contributed by atoms with E-state index in [1.165, 1.54) is 0 Å². The number of hydrogen-bond acceptors (Lipinski definition) is 1. The predicted molar refractivity (Wildman–Crippen MR) is 109 cm³/mol. The molecule has 0 aliphatic rings. The molecule has 1 aromatic rings. The van der Waals surface area contributed by atoms with Crippen molar-refractivity contribution in [2.45, 2.75) is 36.1 Å². The van der Waals surface area contributed by atoms with E-state index in [1.807, 2.05) is 6.07 Å². The van der Waals surface area contributed by atoms with Crippen LogP contribution in [-0.4, -0.2) is 24.2 Å². The number of halogens is 9. The number of alkyl halides is 9. The first kappa shape index (κ1) is 23.8. The lowest BCUT2D eigenvalue weighted by Gasteiger charge is -2.44. The van der Waals surface area contributed by atoms with E-state index in [-0.39, 0.29) is 6.61 Å². The summed E-state index contributed by atoms with van der Waals surface area (Å²) in [5.41, 5.74) is 1.26. The average Bonchev–Trinajstić information content (AvgIpc) is 2.46. The van der Waals surface area contributed by atoms with Gasteiger partial charge < -0.3 is 5.11 Å². The summed E-state index contributed by atoms with van der Waals surface area (Å²) in [5, 5.41) is 8.86. The van der Waals surface area contributed by atoms with Gasteiger partial charge in [0.1, 0.15) is 0 Å². The smallest absolute Gasteiger partial charge is 0.226 e. The average molecular weight is 516 g/mol. The van der Waals surface area contributed by atoms with Crippen molar-refractivity contribution in [3.63, 3.8) is 0 Å². The van der Waals surface area contributed by atoms with E-state index in [1.54, 1.807) is 18.2 Å². The summed E-state index contributed by atoms with van der Waals surface area (Å²) in [4.78, 5) is 0. The molecule has 0 saturated carbocycles. The third-order valence-corrected chi connectivity index (χ3v) is 8.78. The molecule has 0 fully saturated rings. The van der Waals surface area contributed by atoms with Crippen LogP contribution >= 0.6 is 104 Å². The Bertz CT molecular complexity index is 551. The Morgan fingerprint density at radius 3 is 1.88 bits per heavy atom. The Hall–Kier alpha value is 1.79. The van der Waals surface area contributed by atoms with Crippen LogP contribution in [0.5, 0.6) is 0 Å². The first-order valence-electron chi connectivity index (χ1n) is 6.69. The summed E-state index contributed by atoms with van der Waals surface area (Å²) in [5.74, 6) is 0. The minimum atomic E-state index is -2.32. The van der Waals surface area contributed by atoms with Gasteiger partial charge in [0.2, 0.25) is 8.13 Å². The van der Waals surface area contributed by atoms with Crippen molar-refractivity contribution in [1.29, 1.82) is 0 Å². The summed E-state index contributed by atoms with van der Waals surface area (Å²) >= 11 is 54.8. The normalized spacial score (nSPS) is 14.1. The fourth-order valence-corrected chi connectivity index (χ4v) is 4.13. The van der Waals surface area contributed by atoms with Crippen molar-refractivity contribution in [2.75, 3.05) is 6.61 Å². The zero-order valence-electron chi connectivity index (χ0n) is 12.0. The lowest BCUT2D eigenvalue weighted by molar-refractivity contribution is 0.284. The Morgan fingerprint density at radius 2 is 1.38 bits per heavy atom. The Labute approximate surface area is 186 Å². The summed E-state index contributed by atoms with van der Waals surface area (Å²) in [6, 6.07) is 6.92. The van der Waals surface area contributed by atoms with Gasteiger partial charge in [0.15, 0.2) is 8.67 Å². The van der Waals surface area contributed by atoms with Crippen molar-refractivity contribution in [3.05, 3.63) is 35.4 Å². The summed E-state index contributed by atoms with van der Waals surface area (Å²) in [6.45, 7) is 0.116. The van der Waals surface area contributed by atoms with Crippen LogP contribution in [-0.2, 0) is 10.8 Å². The number of aliphatic hydroxyl groups excluding tert-OH is 1. The van der Waals surface area contributed by atoms with Crippen LogP contribution in [0.3, 0.4) is 0 Å². The molecule has 0 amide bonds. The molecule has 138 valence electrons. The molecule has 0 aliphatic heterocycles. The van der Waals surface area contributed by atoms with Gasteiger partial charge in [0, 0.05) is 6.61 Å². The molecule has 0 radical (unpaired) electrons. The maximum atomic E-state index is 8.86. The van der Waals surface area contributed by atoms with Crippen molar-refractivity contribution < 1.29 is 5.11 Å². The molecule has 0 unspecified atom stereocenters. The zero-order valence-corrected chi connectivity index (χ0v) is 18.8. The van der Waals surface area contributed by atoms with Gasteiger partial charge in [-0.1, -0.05) is 129 Å². The lowest BCUT2D eigenvalue weighted by Crippen LogP contribution is -2.54. The lowest BCUT2D eigenvalue weighted by atomic mass is 10.0. The van der Waals surface area contributed by atoms with E-state index in [9.17, 15) is 0 Å². The molecule has 0 heterocycles. The number of aliphatic hydroxyl groups is 1. The van der Waals surface area contributed by atoms with Crippen molar-refractivity contribution in [2.24, 2.45) is 0 Å². The van der Waals surface area contributed by atoms with Crippen LogP contribution in [0.4, 0.5) is 0 Å². The van der Waals surface area contributed by atoms with Gasteiger partial charge in [0.25, 0.3) is 0 Å². The number of aryl methyl sites for hydroxylation is 1. The quantitative estimate of drug-likeness (QED) is 0.297. The maximum Gasteiger partial charge on any atom is 0.226 e. The number of rotatable bonds is 7. The molecule has 1 nitrogen and oxygen atoms in total. The topological polar surface area (TPSA) is 20.2 Å². The molecule has 0 aliphatic carbocycles. The standard InChI is InChI=1S/C14H13Cl9O/c15-11(16,12(17,18)13(19,20)14(21,22)23)10-6-3-5-9(8-10)4-1-2-7-24/h3,5-6,8,24H,1-2,4,7H2. The third kappa shape index (κ3) is 4.98. The molecule has 0 aromatic heterocycles. The van der Waals surface area contributed by atoms with E-state index in [2.05, 4.69) is 0 Å². The largest absolute Gasteiger partial charge is 0.396 e. The van der Waals surface area contributed by atoms with E-state index in [0.717, 1.165) is 12.0 Å². The van der Waals surface area contributed by atoms with E-state index < -0.39 is 16.8 Å². The van der Waals surface area contributed by atoms with E-state index in [4.69, 9.17) is 110 Å². The summed E-state index contributed by atoms with van der Waals surface area (Å²) in [7, 11) is 0. The van der Waals surface area contributed by atoms with Crippen molar-refractivity contribution >= 4 is 104 Å². The van der Waals surface area contributed by atoms with Gasteiger partial charge in [-0.25, -0.2) is 0 Å². The number of unbranched alkanes of at least 4 members (excludes halogenated alkanes) is 1. The SMILES string of the molecule is OCCCCc1cccc(C(Cl)(Cl)C(Cl)(Cl)C(Cl)(Cl)C(Cl)(Cl)Cl)c1. The highest BCUT2D eigenvalue weighted by Crippen LogP contribution is 2.65. The highest BCUT2D eigenvalue weighted by Gasteiger charge is 2.68. The fraction of sp³-hybridized carbons (Fsp3) is 0.571. The van der Waals surface area contributed by atoms with Crippen molar-refractivity contribution in [3.8, 4) is 0 Å². The molecule has 1 rings (SSSR count). The number of hydrogen-bond donors (Lipinski definition) is 1. The Balaban J connectivity index is 3.21. The molecular formula is C14H13Cl9O. The predicted octanol–water partition coefficient (Wildman–Crippen LogP) is 7.35. The molecule has 10 heteroatoms. The van der Waals surface area contributed by atoms with Crippen LogP contribution in [0, 0.1) is 0 Å². The van der Waals surface area contributed by atoms with Gasteiger partial charge in [-0.05, 0) is 30.4 Å². The Morgan fingerprint density at radius 1 is 0.792 bits per heavy atom. The minimum absolute atomic E-state index is 0.116. The van der Waals surface area contributed by atoms with Gasteiger partial charge >= 0.3 is 0 Å². The zero-order chi connectivity index (χ0) is 18.8. The first-order valence-corrected chi connectivity index (χ1v) is 10.1. The van der Waals surface area contributed by atoms with Gasteiger partial charge in [-0.3, -0.25) is 0 Å². The highest BCUT2D eigenvalue weighted by molar-refractivity contribution is 6.80. The molecule has 0 bridgehead atoms. The monoisotopic (exact) mass is 512 g/mol. The summed E-state index contributed by atoms with van der Waals surface area (Å²) in [6.07, 6.45) is 2.16. The molecule has 1 aromatic carbocycles. The fourth-order valence-electron chi connectivity index (χ4n) is 1.92. The van der Waals surface area contributed by atoms with Crippen molar-refractivity contribution in [1.82, 2.24) is 0 Å². The number of benzene rings is 1. The molecule has 0 spiro atoms. The second-order valence-corrected chi connectivity index (χ2v) is 11.4. The van der Waals surface area contributed by atoms with Crippen LogP contribution < -0.4 is 0 Å². The van der Waals surface area contributed by atoms with E-state index >= 15 is 0 Å². The van der Waals surface area contributed by atoms with Crippen LogP contribution in [0.15, 0.2) is 24.3 Å². The molecule has 0 atom stereocenters. The molecular weight excluding hydrogens is 503 g/mol. The van der Waals surface area contributed by atoms with E-state index in [0.29, 0.717) is 18.4 Å². The second kappa shape index (κ2) is 8.86. The van der Waals surface area contributed by atoms with Gasteiger partial charge in [-0.2, -0.15) is 0 Å². The van der Waals surface area contributed by atoms with Gasteiger partial charge in [0.05, 0.1) is 0 Å². The Kier molecular flexibility index (Phi) is 8.80. The molecule has 0 saturated heterocycles. The maximum absolute atomic E-state index is 8.86. The molecule has 24 heavy (non-hydrogen) atoms.